The smallest absolute Gasteiger partial charge is 0.231 e. The van der Waals surface area contributed by atoms with Crippen molar-refractivity contribution in [2.75, 3.05) is 20.5 Å². The van der Waals surface area contributed by atoms with Crippen LogP contribution in [0.1, 0.15) is 11.6 Å². The predicted octanol–water partition coefficient (Wildman–Crippen LogP) is 0.936. The topological polar surface area (TPSA) is 65.7 Å². The lowest BCUT2D eigenvalue weighted by atomic mass is 10.1. The molecule has 0 aromatic heterocycles. The van der Waals surface area contributed by atoms with E-state index in [-0.39, 0.29) is 17.9 Å². The van der Waals surface area contributed by atoms with E-state index in [0.29, 0.717) is 6.61 Å². The molecule has 6 heteroatoms. The summed E-state index contributed by atoms with van der Waals surface area (Å²) in [6, 6.07) is 5.61. The van der Waals surface area contributed by atoms with E-state index in [1.807, 2.05) is 18.2 Å². The Labute approximate surface area is 105 Å². The van der Waals surface area contributed by atoms with Gasteiger partial charge >= 0.3 is 0 Å². The van der Waals surface area contributed by atoms with Crippen molar-refractivity contribution in [2.24, 2.45) is 5.73 Å². The Balaban J connectivity index is 2.20. The minimum absolute atomic E-state index is 0.0907. The minimum Gasteiger partial charge on any atom is -0.454 e. The van der Waals surface area contributed by atoms with Gasteiger partial charge in [-0.05, 0) is 29.9 Å². The minimum atomic E-state index is -0.0907. The zero-order chi connectivity index (χ0) is 12.3. The molecule has 17 heavy (non-hydrogen) atoms. The molecule has 92 valence electrons. The number of thiocarbonyl (C=S) groups is 1. The fraction of sp³-hybridized carbons (Fsp3) is 0.364. The Morgan fingerprint density at radius 3 is 3.00 bits per heavy atom. The summed E-state index contributed by atoms with van der Waals surface area (Å²) in [7, 11) is 1.63. The van der Waals surface area contributed by atoms with Gasteiger partial charge in [0, 0.05) is 7.11 Å². The molecular formula is C11H14N2O3S. The summed E-state index contributed by atoms with van der Waals surface area (Å²) in [5.74, 6) is 1.48. The van der Waals surface area contributed by atoms with E-state index in [1.165, 1.54) is 0 Å². The molecule has 0 spiro atoms. The van der Waals surface area contributed by atoms with E-state index in [2.05, 4.69) is 5.32 Å². The molecule has 1 atom stereocenters. The summed E-state index contributed by atoms with van der Waals surface area (Å²) in [5.41, 5.74) is 6.47. The average molecular weight is 254 g/mol. The number of benzene rings is 1. The summed E-state index contributed by atoms with van der Waals surface area (Å²) < 4.78 is 15.7. The van der Waals surface area contributed by atoms with Crippen molar-refractivity contribution in [3.8, 4) is 11.5 Å². The molecule has 0 saturated heterocycles. The summed E-state index contributed by atoms with van der Waals surface area (Å²) in [6.07, 6.45) is 0. The van der Waals surface area contributed by atoms with Crippen LogP contribution in [0, 0.1) is 0 Å². The summed E-state index contributed by atoms with van der Waals surface area (Å²) in [5, 5.41) is 3.22. The van der Waals surface area contributed by atoms with Gasteiger partial charge in [-0.25, -0.2) is 0 Å². The summed E-state index contributed by atoms with van der Waals surface area (Å²) >= 11 is 4.84. The maximum absolute atomic E-state index is 5.48. The van der Waals surface area contributed by atoms with Crippen LogP contribution in [0.2, 0.25) is 0 Å². The monoisotopic (exact) mass is 254 g/mol. The van der Waals surface area contributed by atoms with Crippen molar-refractivity contribution in [3.05, 3.63) is 23.8 Å². The van der Waals surface area contributed by atoms with Gasteiger partial charge < -0.3 is 25.3 Å². The fourth-order valence-corrected chi connectivity index (χ4v) is 1.83. The van der Waals surface area contributed by atoms with Crippen molar-refractivity contribution in [1.29, 1.82) is 0 Å². The number of nitrogens with two attached hydrogens (primary N) is 1. The zero-order valence-electron chi connectivity index (χ0n) is 9.43. The van der Waals surface area contributed by atoms with E-state index >= 15 is 0 Å². The van der Waals surface area contributed by atoms with Crippen LogP contribution in [0.25, 0.3) is 0 Å². The lowest BCUT2D eigenvalue weighted by Gasteiger charge is -2.18. The molecule has 5 nitrogen and oxygen atoms in total. The maximum Gasteiger partial charge on any atom is 0.231 e. The average Bonchev–Trinajstić information content (AvgIpc) is 2.74. The number of hydrogen-bond acceptors (Lipinski definition) is 4. The first-order chi connectivity index (χ1) is 8.20. The quantitative estimate of drug-likeness (QED) is 0.779. The SMILES string of the molecule is COC[C@H](NC(N)=S)c1ccc2c(c1)OCO2. The number of methoxy groups -OCH3 is 1. The highest BCUT2D eigenvalue weighted by molar-refractivity contribution is 7.80. The van der Waals surface area contributed by atoms with Crippen LogP contribution in [-0.4, -0.2) is 25.6 Å². The Bertz CT molecular complexity index is 425. The standard InChI is InChI=1S/C11H14N2O3S/c1-14-5-8(13-11(12)17)7-2-3-9-10(4-7)16-6-15-9/h2-4,8H,5-6H2,1H3,(H3,12,13,17)/t8-/m0/s1. The third-order valence-electron chi connectivity index (χ3n) is 2.45. The molecule has 0 aliphatic carbocycles. The van der Waals surface area contributed by atoms with Gasteiger partial charge in [0.2, 0.25) is 6.79 Å². The van der Waals surface area contributed by atoms with Gasteiger partial charge in [-0.2, -0.15) is 0 Å². The largest absolute Gasteiger partial charge is 0.454 e. The van der Waals surface area contributed by atoms with Crippen molar-refractivity contribution in [1.82, 2.24) is 5.32 Å². The fourth-order valence-electron chi connectivity index (χ4n) is 1.69. The van der Waals surface area contributed by atoms with Gasteiger partial charge in [0.1, 0.15) is 0 Å². The van der Waals surface area contributed by atoms with Crippen LogP contribution < -0.4 is 20.5 Å². The zero-order valence-corrected chi connectivity index (χ0v) is 10.3. The van der Waals surface area contributed by atoms with E-state index in [9.17, 15) is 0 Å². The summed E-state index contributed by atoms with van der Waals surface area (Å²) in [4.78, 5) is 0. The van der Waals surface area contributed by atoms with Gasteiger partial charge in [0.05, 0.1) is 12.6 Å². The number of hydrogen-bond donors (Lipinski definition) is 2. The molecule has 0 radical (unpaired) electrons. The second-order valence-corrected chi connectivity index (χ2v) is 4.07. The van der Waals surface area contributed by atoms with Gasteiger partial charge in [-0.1, -0.05) is 6.07 Å². The number of fused-ring (bicyclic) bond motifs is 1. The molecular weight excluding hydrogens is 240 g/mol. The molecule has 0 saturated carbocycles. The molecule has 0 unspecified atom stereocenters. The van der Waals surface area contributed by atoms with Crippen molar-refractivity contribution < 1.29 is 14.2 Å². The highest BCUT2D eigenvalue weighted by atomic mass is 32.1. The van der Waals surface area contributed by atoms with Gasteiger partial charge in [0.25, 0.3) is 0 Å². The number of ether oxygens (including phenoxy) is 3. The van der Waals surface area contributed by atoms with Gasteiger partial charge in [-0.15, -0.1) is 0 Å². The molecule has 1 heterocycles. The molecule has 1 aliphatic rings. The van der Waals surface area contributed by atoms with Crippen LogP contribution in [-0.2, 0) is 4.74 Å². The first-order valence-electron chi connectivity index (χ1n) is 5.15. The first-order valence-corrected chi connectivity index (χ1v) is 5.56. The Hall–Kier alpha value is -1.53. The normalized spacial score (nSPS) is 14.4. The highest BCUT2D eigenvalue weighted by Crippen LogP contribution is 2.34. The van der Waals surface area contributed by atoms with E-state index in [1.54, 1.807) is 7.11 Å². The lowest BCUT2D eigenvalue weighted by Crippen LogP contribution is -2.35. The molecule has 3 N–H and O–H groups in total. The molecule has 0 fully saturated rings. The molecule has 1 aromatic carbocycles. The Morgan fingerprint density at radius 2 is 2.29 bits per heavy atom. The maximum atomic E-state index is 5.48. The molecule has 2 rings (SSSR count). The number of nitrogens with one attached hydrogen (secondary N) is 1. The van der Waals surface area contributed by atoms with Crippen LogP contribution in [0.5, 0.6) is 11.5 Å². The molecule has 1 aromatic rings. The highest BCUT2D eigenvalue weighted by Gasteiger charge is 2.18. The third-order valence-corrected chi connectivity index (χ3v) is 2.57. The van der Waals surface area contributed by atoms with Crippen molar-refractivity contribution in [2.45, 2.75) is 6.04 Å². The van der Waals surface area contributed by atoms with Gasteiger partial charge in [-0.3, -0.25) is 0 Å². The Morgan fingerprint density at radius 1 is 1.53 bits per heavy atom. The van der Waals surface area contributed by atoms with E-state index in [0.717, 1.165) is 17.1 Å². The third kappa shape index (κ3) is 2.78. The number of rotatable bonds is 4. The van der Waals surface area contributed by atoms with Crippen molar-refractivity contribution >= 4 is 17.3 Å². The van der Waals surface area contributed by atoms with Gasteiger partial charge in [0.15, 0.2) is 16.6 Å². The van der Waals surface area contributed by atoms with Crippen LogP contribution in [0.15, 0.2) is 18.2 Å². The summed E-state index contributed by atoms with van der Waals surface area (Å²) in [6.45, 7) is 0.730. The molecule has 0 bridgehead atoms. The second-order valence-electron chi connectivity index (χ2n) is 3.63. The molecule has 0 amide bonds. The first kappa shape index (κ1) is 11.9. The lowest BCUT2D eigenvalue weighted by molar-refractivity contribution is 0.172. The van der Waals surface area contributed by atoms with E-state index in [4.69, 9.17) is 32.2 Å². The Kier molecular flexibility index (Phi) is 3.65. The predicted molar refractivity (Wildman–Crippen MR) is 67.1 cm³/mol. The van der Waals surface area contributed by atoms with Crippen LogP contribution in [0.4, 0.5) is 0 Å². The second kappa shape index (κ2) is 5.20. The van der Waals surface area contributed by atoms with Crippen LogP contribution >= 0.6 is 12.2 Å². The molecule has 1 aliphatic heterocycles. The van der Waals surface area contributed by atoms with E-state index < -0.39 is 0 Å². The van der Waals surface area contributed by atoms with Crippen molar-refractivity contribution in [3.63, 3.8) is 0 Å². The van der Waals surface area contributed by atoms with Crippen LogP contribution in [0.3, 0.4) is 0 Å².